The Balaban J connectivity index is 0. The van der Waals surface area contributed by atoms with Gasteiger partial charge in [-0.1, -0.05) is 0 Å². The van der Waals surface area contributed by atoms with E-state index in [4.69, 9.17) is 34.1 Å². The molecule has 0 unspecified atom stereocenters. The fourth-order valence-corrected chi connectivity index (χ4v) is 0.824. The fourth-order valence-electron chi connectivity index (χ4n) is 0.824. The zero-order valence-electron chi connectivity index (χ0n) is 9.44. The van der Waals surface area contributed by atoms with E-state index in [2.05, 4.69) is 5.32 Å². The number of amides is 2. The van der Waals surface area contributed by atoms with Crippen LogP contribution in [0.25, 0.3) is 0 Å². The summed E-state index contributed by atoms with van der Waals surface area (Å²) in [4.78, 5) is 20.5. The molecular formula is C7H17N3O7S. The van der Waals surface area contributed by atoms with Crippen LogP contribution >= 0.6 is 0 Å². The molecule has 0 spiro atoms. The molecule has 0 fully saturated rings. The second-order valence-corrected chi connectivity index (χ2v) is 4.08. The van der Waals surface area contributed by atoms with Crippen molar-refractivity contribution in [2.45, 2.75) is 25.3 Å². The van der Waals surface area contributed by atoms with Crippen LogP contribution in [0.15, 0.2) is 0 Å². The number of hydrogen-bond acceptors (Lipinski definition) is 5. The maximum Gasteiger partial charge on any atom is 0.394 e. The smallest absolute Gasteiger partial charge is 0.394 e. The fraction of sp³-hybridized carbons (Fsp3) is 0.714. The van der Waals surface area contributed by atoms with E-state index >= 15 is 0 Å². The average molecular weight is 287 g/mol. The number of urea groups is 1. The number of rotatable bonds is 6. The van der Waals surface area contributed by atoms with Crippen LogP contribution in [0.4, 0.5) is 4.79 Å². The van der Waals surface area contributed by atoms with Crippen LogP contribution in [0.2, 0.25) is 0 Å². The lowest BCUT2D eigenvalue weighted by Crippen LogP contribution is -2.31. The van der Waals surface area contributed by atoms with Crippen LogP contribution < -0.4 is 16.8 Å². The van der Waals surface area contributed by atoms with Crippen LogP contribution in [0.3, 0.4) is 0 Å². The minimum Gasteiger partial charge on any atom is -0.480 e. The highest BCUT2D eigenvalue weighted by atomic mass is 32.3. The molecule has 0 radical (unpaired) electrons. The molecule has 0 aliphatic carbocycles. The summed E-state index contributed by atoms with van der Waals surface area (Å²) < 4.78 is 31.6. The van der Waals surface area contributed by atoms with Crippen molar-refractivity contribution in [3.63, 3.8) is 0 Å². The summed E-state index contributed by atoms with van der Waals surface area (Å²) in [5, 5.41) is 10.8. The molecule has 0 aliphatic rings. The first-order valence-corrected chi connectivity index (χ1v) is 6.15. The third-order valence-corrected chi connectivity index (χ3v) is 1.56. The highest BCUT2D eigenvalue weighted by Crippen LogP contribution is 1.97. The summed E-state index contributed by atoms with van der Waals surface area (Å²) in [5.41, 5.74) is 10.1. The van der Waals surface area contributed by atoms with Gasteiger partial charge >= 0.3 is 22.4 Å². The highest BCUT2D eigenvalue weighted by molar-refractivity contribution is 7.79. The molecule has 2 amide bonds. The maximum atomic E-state index is 10.3. The zero-order chi connectivity index (χ0) is 14.8. The van der Waals surface area contributed by atoms with E-state index in [-0.39, 0.29) is 0 Å². The van der Waals surface area contributed by atoms with Crippen LogP contribution in [0.5, 0.6) is 0 Å². The number of carbonyl (C=O) groups is 2. The molecule has 0 saturated heterocycles. The molecule has 0 heterocycles. The molecule has 0 aliphatic heterocycles. The number of carbonyl (C=O) groups excluding carboxylic acids is 1. The Hall–Kier alpha value is -1.43. The van der Waals surface area contributed by atoms with E-state index in [9.17, 15) is 9.59 Å². The first kappa shape index (κ1) is 18.9. The molecule has 10 nitrogen and oxygen atoms in total. The zero-order valence-corrected chi connectivity index (χ0v) is 10.3. The second kappa shape index (κ2) is 9.58. The molecule has 11 heteroatoms. The minimum absolute atomic E-state index is 0.412. The van der Waals surface area contributed by atoms with Crippen LogP contribution in [0, 0.1) is 0 Å². The maximum absolute atomic E-state index is 10.3. The molecule has 0 aromatic carbocycles. The van der Waals surface area contributed by atoms with Crippen molar-refractivity contribution >= 4 is 22.4 Å². The number of nitrogens with one attached hydrogen (secondary N) is 1. The Morgan fingerprint density at radius 3 is 2.00 bits per heavy atom. The summed E-state index contributed by atoms with van der Waals surface area (Å²) in [5.74, 6) is -0.997. The van der Waals surface area contributed by atoms with Gasteiger partial charge in [0.2, 0.25) is 0 Å². The van der Waals surface area contributed by atoms with Gasteiger partial charge in [-0.25, -0.2) is 4.79 Å². The van der Waals surface area contributed by atoms with Crippen LogP contribution in [-0.2, 0) is 15.2 Å². The largest absolute Gasteiger partial charge is 0.480 e. The van der Waals surface area contributed by atoms with Crippen molar-refractivity contribution in [1.29, 1.82) is 0 Å². The van der Waals surface area contributed by atoms with Gasteiger partial charge in [0.15, 0.2) is 0 Å². The Morgan fingerprint density at radius 1 is 1.22 bits per heavy atom. The van der Waals surface area contributed by atoms with E-state index in [1.165, 1.54) is 0 Å². The molecule has 0 aromatic heterocycles. The molecule has 0 rings (SSSR count). The first-order valence-electron chi connectivity index (χ1n) is 4.75. The third-order valence-electron chi connectivity index (χ3n) is 1.56. The van der Waals surface area contributed by atoms with Gasteiger partial charge in [0.1, 0.15) is 6.04 Å². The summed E-state index contributed by atoms with van der Waals surface area (Å²) in [7, 11) is -4.67. The lowest BCUT2D eigenvalue weighted by molar-refractivity contribution is -0.138. The van der Waals surface area contributed by atoms with Crippen LogP contribution in [0.1, 0.15) is 19.3 Å². The highest BCUT2D eigenvalue weighted by Gasteiger charge is 2.09. The van der Waals surface area contributed by atoms with E-state index in [0.717, 1.165) is 0 Å². The van der Waals surface area contributed by atoms with Crippen molar-refractivity contribution in [1.82, 2.24) is 5.32 Å². The van der Waals surface area contributed by atoms with Gasteiger partial charge in [0, 0.05) is 6.54 Å². The normalized spacial score (nSPS) is 11.9. The predicted octanol–water partition coefficient (Wildman–Crippen LogP) is -1.42. The molecule has 108 valence electrons. The minimum atomic E-state index is -4.67. The molecule has 0 bridgehead atoms. The quantitative estimate of drug-likeness (QED) is 0.253. The summed E-state index contributed by atoms with van der Waals surface area (Å²) in [6.07, 6.45) is 1.76. The number of carboxylic acid groups (broad SMARTS) is 1. The van der Waals surface area contributed by atoms with Crippen molar-refractivity contribution in [3.05, 3.63) is 0 Å². The predicted molar refractivity (Wildman–Crippen MR) is 61.2 cm³/mol. The molecule has 8 N–H and O–H groups in total. The van der Waals surface area contributed by atoms with Gasteiger partial charge < -0.3 is 21.9 Å². The van der Waals surface area contributed by atoms with Gasteiger partial charge in [0.05, 0.1) is 0 Å². The van der Waals surface area contributed by atoms with Gasteiger partial charge in [-0.3, -0.25) is 13.9 Å². The Kier molecular flexibility index (Phi) is 10.1. The van der Waals surface area contributed by atoms with Crippen molar-refractivity contribution < 1.29 is 32.2 Å². The molecular weight excluding hydrogens is 270 g/mol. The van der Waals surface area contributed by atoms with Gasteiger partial charge in [-0.2, -0.15) is 8.42 Å². The average Bonchev–Trinajstić information content (AvgIpc) is 2.13. The van der Waals surface area contributed by atoms with Gasteiger partial charge in [-0.05, 0) is 19.3 Å². The lowest BCUT2D eigenvalue weighted by Gasteiger charge is -2.05. The Bertz CT molecular complexity index is 348. The van der Waals surface area contributed by atoms with Crippen molar-refractivity contribution in [2.24, 2.45) is 11.5 Å². The lowest BCUT2D eigenvalue weighted by atomic mass is 10.1. The molecule has 0 aromatic rings. The third kappa shape index (κ3) is 24.0. The number of primary amides is 1. The number of nitrogens with two attached hydrogens (primary N) is 2. The Morgan fingerprint density at radius 2 is 1.67 bits per heavy atom. The van der Waals surface area contributed by atoms with Crippen molar-refractivity contribution in [3.8, 4) is 0 Å². The Labute approximate surface area is 104 Å². The van der Waals surface area contributed by atoms with E-state index < -0.39 is 28.4 Å². The second-order valence-electron chi connectivity index (χ2n) is 3.18. The SMILES string of the molecule is NC(=O)NCCCC[C@H](N)C(=O)O.O=S(=O)(O)O. The number of hydrogen-bond donors (Lipinski definition) is 6. The van der Waals surface area contributed by atoms with E-state index in [0.29, 0.717) is 25.8 Å². The summed E-state index contributed by atoms with van der Waals surface area (Å²) >= 11 is 0. The standard InChI is InChI=1S/C7H15N3O3.H2O4S/c8-5(6(11)12)3-1-2-4-10-7(9)13;1-5(2,3)4/h5H,1-4,8H2,(H,11,12)(H3,9,10,13);(H2,1,2,3,4)/t5-;/m0./s1. The van der Waals surface area contributed by atoms with E-state index in [1.54, 1.807) is 0 Å². The molecule has 0 saturated carbocycles. The summed E-state index contributed by atoms with van der Waals surface area (Å²) in [6.45, 7) is 0.460. The van der Waals surface area contributed by atoms with Crippen molar-refractivity contribution in [2.75, 3.05) is 6.54 Å². The topological polar surface area (TPSA) is 193 Å². The molecule has 18 heavy (non-hydrogen) atoms. The van der Waals surface area contributed by atoms with Gasteiger partial charge in [-0.15, -0.1) is 0 Å². The first-order chi connectivity index (χ1) is 8.04. The van der Waals surface area contributed by atoms with Gasteiger partial charge in [0.25, 0.3) is 0 Å². The monoisotopic (exact) mass is 287 g/mol. The molecule has 1 atom stereocenters. The number of unbranched alkanes of at least 4 members (excludes halogenated alkanes) is 1. The summed E-state index contributed by atoms with van der Waals surface area (Å²) in [6, 6.07) is -1.38. The van der Waals surface area contributed by atoms with Crippen LogP contribution in [-0.4, -0.2) is 47.2 Å². The van der Waals surface area contributed by atoms with E-state index in [1.807, 2.05) is 0 Å². The number of aliphatic carboxylic acids is 1. The number of carboxylic acids is 1.